The topological polar surface area (TPSA) is 105 Å². The fourth-order valence-electron chi connectivity index (χ4n) is 2.57. The van der Waals surface area contributed by atoms with Crippen LogP contribution in [0.4, 0.5) is 0 Å². The summed E-state index contributed by atoms with van der Waals surface area (Å²) < 4.78 is 5.23. The summed E-state index contributed by atoms with van der Waals surface area (Å²) in [4.78, 5) is 28.2. The second kappa shape index (κ2) is 5.89. The minimum Gasteiger partial charge on any atom is -0.481 e. The molecule has 2 N–H and O–H groups in total. The number of carboxylic acid groups (broad SMARTS) is 1. The molecule has 0 radical (unpaired) electrons. The van der Waals surface area contributed by atoms with Crippen molar-refractivity contribution in [3.05, 3.63) is 23.0 Å². The molecule has 0 bridgehead atoms. The van der Waals surface area contributed by atoms with E-state index in [9.17, 15) is 9.59 Å². The molecule has 1 amide bonds. The van der Waals surface area contributed by atoms with Gasteiger partial charge in [0.25, 0.3) is 11.6 Å². The Balaban J connectivity index is 1.81. The normalized spacial score (nSPS) is 14.8. The highest BCUT2D eigenvalue weighted by Crippen LogP contribution is 2.40. The molecule has 7 nitrogen and oxygen atoms in total. The number of carbonyl (C=O) groups excluding carboxylic acids is 1. The van der Waals surface area contributed by atoms with Gasteiger partial charge in [-0.1, -0.05) is 5.16 Å². The van der Waals surface area contributed by atoms with Crippen molar-refractivity contribution in [1.82, 2.24) is 15.5 Å². The molecule has 1 saturated carbocycles. The number of nitrogens with zero attached hydrogens (tertiary/aromatic N) is 2. The second-order valence-electron chi connectivity index (χ2n) is 7.01. The van der Waals surface area contributed by atoms with Crippen LogP contribution in [0.25, 0.3) is 11.1 Å². The molecule has 3 rings (SSSR count). The Labute approximate surface area is 139 Å². The minimum atomic E-state index is -0.882. The highest BCUT2D eigenvalue weighted by molar-refractivity contribution is 6.06. The number of fused-ring (bicyclic) bond motifs is 1. The monoisotopic (exact) mass is 331 g/mol. The third-order valence-corrected chi connectivity index (χ3v) is 4.49. The van der Waals surface area contributed by atoms with Gasteiger partial charge in [0.1, 0.15) is 0 Å². The van der Waals surface area contributed by atoms with Crippen molar-refractivity contribution in [1.29, 1.82) is 0 Å². The molecule has 7 heteroatoms. The minimum absolute atomic E-state index is 0.253. The lowest BCUT2D eigenvalue weighted by atomic mass is 9.89. The van der Waals surface area contributed by atoms with Crippen molar-refractivity contribution in [2.75, 3.05) is 6.54 Å². The third kappa shape index (κ3) is 3.11. The second-order valence-corrected chi connectivity index (χ2v) is 7.01. The van der Waals surface area contributed by atoms with Crippen LogP contribution in [-0.4, -0.2) is 33.7 Å². The first kappa shape index (κ1) is 16.4. The van der Waals surface area contributed by atoms with Crippen molar-refractivity contribution < 1.29 is 19.2 Å². The van der Waals surface area contributed by atoms with Crippen LogP contribution in [0.15, 0.2) is 10.6 Å². The largest absolute Gasteiger partial charge is 0.481 e. The van der Waals surface area contributed by atoms with E-state index in [0.717, 1.165) is 18.5 Å². The molecule has 2 aromatic rings. The van der Waals surface area contributed by atoms with Gasteiger partial charge in [-0.15, -0.1) is 0 Å². The average Bonchev–Trinajstić information content (AvgIpc) is 3.30. The van der Waals surface area contributed by atoms with Crippen LogP contribution in [0.2, 0.25) is 0 Å². The first-order chi connectivity index (χ1) is 11.3. The van der Waals surface area contributed by atoms with E-state index >= 15 is 0 Å². The van der Waals surface area contributed by atoms with E-state index in [-0.39, 0.29) is 12.5 Å². The molecular formula is C17H21N3O4. The van der Waals surface area contributed by atoms with E-state index in [2.05, 4.69) is 15.5 Å². The van der Waals surface area contributed by atoms with Gasteiger partial charge in [-0.25, -0.2) is 4.98 Å². The maximum absolute atomic E-state index is 12.6. The van der Waals surface area contributed by atoms with Crippen molar-refractivity contribution in [3.63, 3.8) is 0 Å². The van der Waals surface area contributed by atoms with Crippen molar-refractivity contribution in [2.45, 2.75) is 46.0 Å². The SMILES string of the molecule is Cc1noc2nc(C3CC3)cc(C(=O)NCCC(C)(C)C(=O)O)c12. The van der Waals surface area contributed by atoms with E-state index < -0.39 is 11.4 Å². The lowest BCUT2D eigenvalue weighted by Crippen LogP contribution is -2.32. The number of carboxylic acids is 1. The molecule has 0 aromatic carbocycles. The summed E-state index contributed by atoms with van der Waals surface area (Å²) in [5, 5.41) is 16.5. The molecule has 2 heterocycles. The highest BCUT2D eigenvalue weighted by atomic mass is 16.5. The summed E-state index contributed by atoms with van der Waals surface area (Å²) in [5.41, 5.74) is 1.47. The standard InChI is InChI=1S/C17H21N3O4/c1-9-13-11(14(21)18-7-6-17(2,3)16(22)23)8-12(10-4-5-10)19-15(13)24-20-9/h8,10H,4-7H2,1-3H3,(H,18,21)(H,22,23). The molecule has 1 fully saturated rings. The van der Waals surface area contributed by atoms with Crippen LogP contribution in [0, 0.1) is 12.3 Å². The number of carbonyl (C=O) groups is 2. The maximum Gasteiger partial charge on any atom is 0.309 e. The lowest BCUT2D eigenvalue weighted by Gasteiger charge is -2.19. The van der Waals surface area contributed by atoms with Gasteiger partial charge in [-0.2, -0.15) is 0 Å². The molecular weight excluding hydrogens is 310 g/mol. The Kier molecular flexibility index (Phi) is 4.03. The van der Waals surface area contributed by atoms with E-state index in [1.807, 2.05) is 6.07 Å². The molecule has 1 aliphatic rings. The van der Waals surface area contributed by atoms with Crippen LogP contribution in [-0.2, 0) is 4.79 Å². The predicted octanol–water partition coefficient (Wildman–Crippen LogP) is 2.64. The number of hydrogen-bond donors (Lipinski definition) is 2. The first-order valence-electron chi connectivity index (χ1n) is 8.08. The Bertz CT molecular complexity index is 806. The zero-order valence-corrected chi connectivity index (χ0v) is 14.0. The fraction of sp³-hybridized carbons (Fsp3) is 0.529. The van der Waals surface area contributed by atoms with E-state index in [4.69, 9.17) is 9.63 Å². The average molecular weight is 331 g/mol. The molecule has 128 valence electrons. The Morgan fingerprint density at radius 3 is 2.75 bits per heavy atom. The summed E-state index contributed by atoms with van der Waals surface area (Å²) in [7, 11) is 0. The number of amides is 1. The molecule has 0 atom stereocenters. The number of aliphatic carboxylic acids is 1. The van der Waals surface area contributed by atoms with E-state index in [1.54, 1.807) is 20.8 Å². The van der Waals surface area contributed by atoms with Gasteiger partial charge in [0, 0.05) is 18.2 Å². The van der Waals surface area contributed by atoms with Crippen molar-refractivity contribution in [3.8, 4) is 0 Å². The van der Waals surface area contributed by atoms with Gasteiger partial charge < -0.3 is 14.9 Å². The summed E-state index contributed by atoms with van der Waals surface area (Å²) in [5.74, 6) is -0.747. The van der Waals surface area contributed by atoms with Gasteiger partial charge in [-0.05, 0) is 46.1 Å². The number of nitrogens with one attached hydrogen (secondary N) is 1. The van der Waals surface area contributed by atoms with Crippen LogP contribution in [0.5, 0.6) is 0 Å². The Morgan fingerprint density at radius 1 is 1.42 bits per heavy atom. The Hall–Kier alpha value is -2.44. The van der Waals surface area contributed by atoms with Gasteiger partial charge in [-0.3, -0.25) is 9.59 Å². The molecule has 0 saturated heterocycles. The lowest BCUT2D eigenvalue weighted by molar-refractivity contribution is -0.147. The maximum atomic E-state index is 12.6. The zero-order valence-electron chi connectivity index (χ0n) is 14.0. The van der Waals surface area contributed by atoms with Crippen LogP contribution < -0.4 is 5.32 Å². The summed E-state index contributed by atoms with van der Waals surface area (Å²) in [6.07, 6.45) is 2.49. The number of rotatable bonds is 6. The number of aryl methyl sites for hydroxylation is 1. The smallest absolute Gasteiger partial charge is 0.309 e. The zero-order chi connectivity index (χ0) is 17.5. The van der Waals surface area contributed by atoms with Gasteiger partial charge in [0.2, 0.25) is 0 Å². The number of hydrogen-bond acceptors (Lipinski definition) is 5. The fourth-order valence-corrected chi connectivity index (χ4v) is 2.57. The Morgan fingerprint density at radius 2 is 2.12 bits per heavy atom. The van der Waals surface area contributed by atoms with Gasteiger partial charge in [0.05, 0.1) is 22.1 Å². The number of aromatic nitrogens is 2. The molecule has 0 unspecified atom stereocenters. The molecule has 0 spiro atoms. The van der Waals surface area contributed by atoms with Crippen molar-refractivity contribution in [2.24, 2.45) is 5.41 Å². The summed E-state index contributed by atoms with van der Waals surface area (Å²) >= 11 is 0. The number of pyridine rings is 1. The summed E-state index contributed by atoms with van der Waals surface area (Å²) in [6.45, 7) is 5.34. The van der Waals surface area contributed by atoms with E-state index in [0.29, 0.717) is 34.7 Å². The van der Waals surface area contributed by atoms with Crippen LogP contribution in [0.1, 0.15) is 60.8 Å². The molecule has 0 aliphatic heterocycles. The molecule has 2 aromatic heterocycles. The van der Waals surface area contributed by atoms with Crippen LogP contribution in [0.3, 0.4) is 0 Å². The summed E-state index contributed by atoms with van der Waals surface area (Å²) in [6, 6.07) is 1.81. The van der Waals surface area contributed by atoms with Crippen molar-refractivity contribution >= 4 is 23.0 Å². The predicted molar refractivity (Wildman–Crippen MR) is 86.9 cm³/mol. The molecule has 24 heavy (non-hydrogen) atoms. The third-order valence-electron chi connectivity index (χ3n) is 4.49. The highest BCUT2D eigenvalue weighted by Gasteiger charge is 2.29. The van der Waals surface area contributed by atoms with Gasteiger partial charge in [0.15, 0.2) is 0 Å². The van der Waals surface area contributed by atoms with Gasteiger partial charge >= 0.3 is 5.97 Å². The quantitative estimate of drug-likeness (QED) is 0.843. The first-order valence-corrected chi connectivity index (χ1v) is 8.08. The molecule has 1 aliphatic carbocycles. The van der Waals surface area contributed by atoms with Crippen LogP contribution >= 0.6 is 0 Å². The van der Waals surface area contributed by atoms with E-state index in [1.165, 1.54) is 0 Å².